The smallest absolute Gasteiger partial charge is 0.163 e. The number of hydrogen-bond acceptors (Lipinski definition) is 4. The van der Waals surface area contributed by atoms with Gasteiger partial charge in [0.2, 0.25) is 0 Å². The number of allylic oxidation sites excluding steroid dienone is 1. The fourth-order valence-electron chi connectivity index (χ4n) is 8.38. The Kier molecular flexibility index (Phi) is 3.77. The third-order valence-corrected chi connectivity index (χ3v) is 10.8. The second kappa shape index (κ2) is 5.75. The van der Waals surface area contributed by atoms with Gasteiger partial charge >= 0.3 is 0 Å². The van der Waals surface area contributed by atoms with Crippen LogP contribution in [0, 0.1) is 41.4 Å². The molecule has 3 saturated carbocycles. The molecular formula is C25H35NO2S. The highest BCUT2D eigenvalue weighted by Gasteiger charge is 2.67. The molecule has 0 N–H and O–H groups in total. The lowest BCUT2D eigenvalue weighted by Crippen LogP contribution is -2.63. The minimum Gasteiger partial charge on any atom is -0.344 e. The first kappa shape index (κ1) is 19.0. The van der Waals surface area contributed by atoms with Gasteiger partial charge in [-0.15, -0.1) is 11.3 Å². The number of aromatic nitrogens is 1. The Bertz CT molecular complexity index is 889. The van der Waals surface area contributed by atoms with Gasteiger partial charge in [0, 0.05) is 4.88 Å². The number of rotatable bonds is 0. The van der Waals surface area contributed by atoms with Crippen LogP contribution >= 0.6 is 11.3 Å². The van der Waals surface area contributed by atoms with E-state index in [1.54, 1.807) is 4.88 Å². The molecule has 3 nitrogen and oxygen atoms in total. The molecule has 158 valence electrons. The van der Waals surface area contributed by atoms with Gasteiger partial charge in [0.15, 0.2) is 5.79 Å². The summed E-state index contributed by atoms with van der Waals surface area (Å²) in [6.45, 7) is 16.0. The van der Waals surface area contributed by atoms with Gasteiger partial charge in [-0.05, 0) is 93.8 Å². The number of hydrogen-bond donors (Lipinski definition) is 0. The average Bonchev–Trinajstić information content (AvgIpc) is 3.25. The molecule has 0 bridgehead atoms. The van der Waals surface area contributed by atoms with Gasteiger partial charge in [-0.25, -0.2) is 4.98 Å². The van der Waals surface area contributed by atoms with Gasteiger partial charge < -0.3 is 9.47 Å². The highest BCUT2D eigenvalue weighted by Crippen LogP contribution is 2.68. The van der Waals surface area contributed by atoms with Gasteiger partial charge in [-0.2, -0.15) is 0 Å². The predicted octanol–water partition coefficient (Wildman–Crippen LogP) is 5.71. The predicted molar refractivity (Wildman–Crippen MR) is 116 cm³/mol. The van der Waals surface area contributed by atoms with Gasteiger partial charge in [0.25, 0.3) is 0 Å². The van der Waals surface area contributed by atoms with Crippen molar-refractivity contribution in [1.82, 2.24) is 4.98 Å². The number of aryl methyl sites for hydroxylation is 1. The first-order valence-electron chi connectivity index (χ1n) is 11.6. The van der Waals surface area contributed by atoms with Crippen molar-refractivity contribution in [3.63, 3.8) is 0 Å². The lowest BCUT2D eigenvalue weighted by atomic mass is 9.44. The van der Waals surface area contributed by atoms with Gasteiger partial charge in [-0.1, -0.05) is 26.0 Å². The average molecular weight is 414 g/mol. The van der Waals surface area contributed by atoms with E-state index in [0.29, 0.717) is 29.1 Å². The fourth-order valence-corrected chi connectivity index (χ4v) is 9.53. The maximum absolute atomic E-state index is 6.73. The summed E-state index contributed by atoms with van der Waals surface area (Å²) in [5.74, 6) is 2.04. The molecule has 29 heavy (non-hydrogen) atoms. The first-order chi connectivity index (χ1) is 13.6. The van der Waals surface area contributed by atoms with Crippen molar-refractivity contribution in [2.24, 2.45) is 34.5 Å². The van der Waals surface area contributed by atoms with Crippen LogP contribution in [0.25, 0.3) is 0 Å². The van der Waals surface area contributed by atoms with E-state index >= 15 is 0 Å². The molecule has 6 rings (SSSR count). The van der Waals surface area contributed by atoms with Crippen LogP contribution in [0.15, 0.2) is 12.2 Å². The Labute approximate surface area is 179 Å². The molecule has 2 heterocycles. The molecule has 0 radical (unpaired) electrons. The fraction of sp³-hybridized carbons (Fsp3) is 0.800. The maximum Gasteiger partial charge on any atom is 0.163 e. The molecule has 4 fully saturated rings. The second-order valence-electron chi connectivity index (χ2n) is 11.5. The van der Waals surface area contributed by atoms with E-state index < -0.39 is 5.79 Å². The van der Waals surface area contributed by atoms with E-state index in [9.17, 15) is 0 Å². The van der Waals surface area contributed by atoms with Crippen molar-refractivity contribution in [2.45, 2.75) is 91.1 Å². The Morgan fingerprint density at radius 1 is 1.03 bits per heavy atom. The molecule has 1 aromatic rings. The molecule has 4 aliphatic carbocycles. The molecule has 8 atom stereocenters. The molecule has 4 heteroatoms. The summed E-state index contributed by atoms with van der Waals surface area (Å²) in [6, 6.07) is 0. The molecule has 0 amide bonds. The van der Waals surface area contributed by atoms with Gasteiger partial charge in [0.1, 0.15) is 0 Å². The Morgan fingerprint density at radius 2 is 1.79 bits per heavy atom. The summed E-state index contributed by atoms with van der Waals surface area (Å²) in [6.07, 6.45) is 7.76. The van der Waals surface area contributed by atoms with E-state index in [0.717, 1.165) is 6.42 Å². The summed E-state index contributed by atoms with van der Waals surface area (Å²) >= 11 is 1.93. The number of ether oxygens (including phenoxy) is 2. The normalized spacial score (nSPS) is 49.8. The van der Waals surface area contributed by atoms with Crippen LogP contribution in [0.3, 0.4) is 0 Å². The van der Waals surface area contributed by atoms with Crippen LogP contribution in [0.4, 0.5) is 0 Å². The monoisotopic (exact) mass is 413 g/mol. The lowest BCUT2D eigenvalue weighted by molar-refractivity contribution is -0.164. The van der Waals surface area contributed by atoms with Crippen molar-refractivity contribution in [3.05, 3.63) is 27.7 Å². The van der Waals surface area contributed by atoms with Crippen molar-refractivity contribution in [1.29, 1.82) is 0 Å². The van der Waals surface area contributed by atoms with E-state index in [4.69, 9.17) is 14.5 Å². The second-order valence-corrected chi connectivity index (χ2v) is 12.8. The third-order valence-electron chi connectivity index (χ3n) is 9.76. The minimum atomic E-state index is -0.479. The van der Waals surface area contributed by atoms with E-state index in [2.05, 4.69) is 41.2 Å². The standard InChI is InChI=1S/C25H35NO2S/c1-13-7-8-15-20-16(9-10-24(13,15)5)25(6)12-19-18(26-14(2)29-19)11-17(25)21-22(20)28-23(3,4)27-21/h15-17,20-22H,1,7-12H2,2-6H3/t15-,16-,17+,20-,21+,22+,24+,25+/m0/s1. The maximum atomic E-state index is 6.73. The van der Waals surface area contributed by atoms with Crippen LogP contribution in [0.5, 0.6) is 0 Å². The van der Waals surface area contributed by atoms with Crippen molar-refractivity contribution >= 4 is 11.3 Å². The van der Waals surface area contributed by atoms with Crippen LogP contribution in [0.2, 0.25) is 0 Å². The summed E-state index contributed by atoms with van der Waals surface area (Å²) < 4.78 is 13.4. The van der Waals surface area contributed by atoms with Crippen LogP contribution in [0.1, 0.15) is 69.0 Å². The van der Waals surface area contributed by atoms with E-state index in [-0.39, 0.29) is 17.6 Å². The highest BCUT2D eigenvalue weighted by molar-refractivity contribution is 7.11. The Hall–Kier alpha value is -0.710. The van der Waals surface area contributed by atoms with Crippen LogP contribution in [-0.4, -0.2) is 23.0 Å². The van der Waals surface area contributed by atoms with Crippen molar-refractivity contribution in [2.75, 3.05) is 0 Å². The van der Waals surface area contributed by atoms with Gasteiger partial charge in [-0.3, -0.25) is 0 Å². The molecule has 5 aliphatic rings. The zero-order valence-electron chi connectivity index (χ0n) is 18.6. The van der Waals surface area contributed by atoms with Gasteiger partial charge in [0.05, 0.1) is 22.9 Å². The molecule has 1 aromatic heterocycles. The first-order valence-corrected chi connectivity index (χ1v) is 12.4. The zero-order chi connectivity index (χ0) is 20.3. The molecule has 0 aromatic carbocycles. The van der Waals surface area contributed by atoms with Crippen molar-refractivity contribution in [3.8, 4) is 0 Å². The summed E-state index contributed by atoms with van der Waals surface area (Å²) in [5.41, 5.74) is 3.42. The summed E-state index contributed by atoms with van der Waals surface area (Å²) in [5, 5.41) is 1.22. The SMILES string of the molecule is C=C1CC[C@H]2[C@@H]3[C@H]4OC(C)(C)O[C@@H]4[C@H]4Cc5nc(C)sc5C[C@]4(C)[C@H]3CC[C@]12C. The largest absolute Gasteiger partial charge is 0.344 e. The zero-order valence-corrected chi connectivity index (χ0v) is 19.4. The number of fused-ring (bicyclic) bond motifs is 9. The molecule has 0 unspecified atom stereocenters. The topological polar surface area (TPSA) is 31.4 Å². The number of nitrogens with zero attached hydrogens (tertiary/aromatic N) is 1. The Morgan fingerprint density at radius 3 is 2.59 bits per heavy atom. The van der Waals surface area contributed by atoms with Crippen molar-refractivity contribution < 1.29 is 9.47 Å². The van der Waals surface area contributed by atoms with E-state index in [1.165, 1.54) is 48.4 Å². The lowest BCUT2D eigenvalue weighted by Gasteiger charge is -2.62. The summed E-state index contributed by atoms with van der Waals surface area (Å²) in [7, 11) is 0. The van der Waals surface area contributed by atoms with E-state index in [1.807, 2.05) is 11.3 Å². The third kappa shape index (κ3) is 2.40. The minimum absolute atomic E-state index is 0.197. The Balaban J connectivity index is 1.48. The molecule has 0 spiro atoms. The molecular weight excluding hydrogens is 378 g/mol. The molecule has 1 saturated heterocycles. The number of thiazole rings is 1. The quantitative estimate of drug-likeness (QED) is 0.511. The van der Waals surface area contributed by atoms with Crippen LogP contribution < -0.4 is 0 Å². The molecule has 1 aliphatic heterocycles. The highest BCUT2D eigenvalue weighted by atomic mass is 32.1. The summed E-state index contributed by atoms with van der Waals surface area (Å²) in [4.78, 5) is 6.46. The van der Waals surface area contributed by atoms with Crippen LogP contribution in [-0.2, 0) is 22.3 Å².